The summed E-state index contributed by atoms with van der Waals surface area (Å²) < 4.78 is 2.16. The van der Waals surface area contributed by atoms with Gasteiger partial charge in [-0.15, -0.1) is 11.3 Å². The minimum Gasteiger partial charge on any atom is -0.265 e. The molecule has 2 aromatic heterocycles. The maximum absolute atomic E-state index is 13.0. The van der Waals surface area contributed by atoms with Crippen molar-refractivity contribution in [3.05, 3.63) is 84.6 Å². The lowest BCUT2D eigenvalue weighted by molar-refractivity contribution is -0.384. The summed E-state index contributed by atoms with van der Waals surface area (Å²) in [6, 6.07) is 12.3. The Morgan fingerprint density at radius 3 is 2.48 bits per heavy atom. The van der Waals surface area contributed by atoms with Crippen LogP contribution in [0.2, 0.25) is 0 Å². The smallest absolute Gasteiger partial charge is 0.265 e. The number of benzene rings is 2. The lowest BCUT2D eigenvalue weighted by Gasteiger charge is -2.11. The van der Waals surface area contributed by atoms with Crippen LogP contribution in [0, 0.1) is 30.9 Å². The van der Waals surface area contributed by atoms with Gasteiger partial charge in [-0.05, 0) is 31.9 Å². The van der Waals surface area contributed by atoms with Crippen LogP contribution in [-0.4, -0.2) is 19.7 Å². The van der Waals surface area contributed by atoms with E-state index >= 15 is 0 Å². The predicted octanol–water partition coefficient (Wildman–Crippen LogP) is 4.40. The van der Waals surface area contributed by atoms with Crippen molar-refractivity contribution >= 4 is 27.2 Å². The largest absolute Gasteiger partial charge is 0.294 e. The highest BCUT2D eigenvalue weighted by Crippen LogP contribution is 2.31. The molecule has 0 fully saturated rings. The molecule has 8 heteroatoms. The van der Waals surface area contributed by atoms with Crippen molar-refractivity contribution in [3.63, 3.8) is 0 Å². The average molecular weight is 406 g/mol. The van der Waals surface area contributed by atoms with Crippen LogP contribution in [0.25, 0.3) is 21.5 Å². The molecule has 0 bridgehead atoms. The van der Waals surface area contributed by atoms with E-state index < -0.39 is 4.92 Å². The lowest BCUT2D eigenvalue weighted by atomic mass is 10.0. The fourth-order valence-corrected chi connectivity index (χ4v) is 4.23. The van der Waals surface area contributed by atoms with Crippen LogP contribution in [0.15, 0.2) is 47.3 Å². The zero-order valence-corrected chi connectivity index (χ0v) is 17.0. The van der Waals surface area contributed by atoms with Crippen LogP contribution in [0.5, 0.6) is 0 Å². The van der Waals surface area contributed by atoms with Crippen molar-refractivity contribution in [3.8, 4) is 11.3 Å². The van der Waals surface area contributed by atoms with Gasteiger partial charge in [-0.1, -0.05) is 35.9 Å². The standard InChI is InChI=1S/C21H18N4O3S/c1-12-4-9-17(13(2)10-12)18-20-19(22-14(3)29-20)21(26)24(23-18)11-15-5-7-16(8-6-15)25(27)28/h4-10H,11H2,1-3H3. The van der Waals surface area contributed by atoms with E-state index in [4.69, 9.17) is 0 Å². The molecule has 0 unspecified atom stereocenters. The number of aryl methyl sites for hydroxylation is 3. The number of rotatable bonds is 4. The van der Waals surface area contributed by atoms with Crippen LogP contribution < -0.4 is 5.56 Å². The molecule has 0 aliphatic heterocycles. The summed E-state index contributed by atoms with van der Waals surface area (Å²) in [5.74, 6) is 0. The van der Waals surface area contributed by atoms with Gasteiger partial charge in [0, 0.05) is 17.7 Å². The Bertz CT molecular complexity index is 1310. The topological polar surface area (TPSA) is 90.9 Å². The molecule has 4 rings (SSSR count). The zero-order valence-electron chi connectivity index (χ0n) is 16.2. The summed E-state index contributed by atoms with van der Waals surface area (Å²) in [7, 11) is 0. The van der Waals surface area contributed by atoms with E-state index in [0.717, 1.165) is 37.7 Å². The molecule has 0 aliphatic rings. The molecule has 0 saturated heterocycles. The summed E-state index contributed by atoms with van der Waals surface area (Å²) in [5, 5.41) is 16.3. The molecule has 0 N–H and O–H groups in total. The van der Waals surface area contributed by atoms with Gasteiger partial charge in [0.05, 0.1) is 21.2 Å². The summed E-state index contributed by atoms with van der Waals surface area (Å²) in [6.07, 6.45) is 0. The Morgan fingerprint density at radius 1 is 1.10 bits per heavy atom. The molecule has 0 spiro atoms. The van der Waals surface area contributed by atoms with E-state index in [-0.39, 0.29) is 17.8 Å². The summed E-state index contributed by atoms with van der Waals surface area (Å²) >= 11 is 1.46. The highest BCUT2D eigenvalue weighted by molar-refractivity contribution is 7.19. The minimum atomic E-state index is -0.448. The number of hydrogen-bond donors (Lipinski definition) is 0. The van der Waals surface area contributed by atoms with Gasteiger partial charge in [0.25, 0.3) is 11.2 Å². The monoisotopic (exact) mass is 406 g/mol. The first kappa shape index (κ1) is 18.9. The zero-order chi connectivity index (χ0) is 20.7. The molecule has 29 heavy (non-hydrogen) atoms. The highest BCUT2D eigenvalue weighted by atomic mass is 32.1. The molecule has 0 saturated carbocycles. The quantitative estimate of drug-likeness (QED) is 0.370. The summed E-state index contributed by atoms with van der Waals surface area (Å²) in [4.78, 5) is 27.8. The van der Waals surface area contributed by atoms with Gasteiger partial charge < -0.3 is 0 Å². The Kier molecular flexibility index (Phi) is 4.71. The van der Waals surface area contributed by atoms with Gasteiger partial charge in [-0.3, -0.25) is 14.9 Å². The van der Waals surface area contributed by atoms with Crippen molar-refractivity contribution in [1.82, 2.24) is 14.8 Å². The Labute approximate surface area is 170 Å². The first-order chi connectivity index (χ1) is 13.8. The van der Waals surface area contributed by atoms with Crippen LogP contribution in [0.4, 0.5) is 5.69 Å². The third-order valence-electron chi connectivity index (χ3n) is 4.72. The number of hydrogen-bond acceptors (Lipinski definition) is 6. The summed E-state index contributed by atoms with van der Waals surface area (Å²) in [6.45, 7) is 6.14. The SMILES string of the molecule is Cc1ccc(-c2nn(Cc3ccc([N+](=O)[O-])cc3)c(=O)c3nc(C)sc23)c(C)c1. The number of thiazole rings is 1. The molecular formula is C21H18N4O3S. The predicted molar refractivity (Wildman–Crippen MR) is 114 cm³/mol. The van der Waals surface area contributed by atoms with E-state index in [2.05, 4.69) is 16.1 Å². The third-order valence-corrected chi connectivity index (χ3v) is 5.70. The van der Waals surface area contributed by atoms with Crippen molar-refractivity contribution in [2.75, 3.05) is 0 Å². The number of fused-ring (bicyclic) bond motifs is 1. The highest BCUT2D eigenvalue weighted by Gasteiger charge is 2.18. The molecule has 0 aliphatic carbocycles. The van der Waals surface area contributed by atoms with E-state index in [9.17, 15) is 14.9 Å². The van der Waals surface area contributed by atoms with Gasteiger partial charge in [0.15, 0.2) is 5.52 Å². The average Bonchev–Trinajstić information content (AvgIpc) is 3.07. The maximum atomic E-state index is 13.0. The second-order valence-electron chi connectivity index (χ2n) is 6.96. The van der Waals surface area contributed by atoms with Gasteiger partial charge in [-0.25, -0.2) is 9.67 Å². The first-order valence-corrected chi connectivity index (χ1v) is 9.84. The molecule has 2 aromatic carbocycles. The third kappa shape index (κ3) is 3.54. The second-order valence-corrected chi connectivity index (χ2v) is 8.17. The molecule has 7 nitrogen and oxygen atoms in total. The van der Waals surface area contributed by atoms with Crippen molar-refractivity contribution in [1.29, 1.82) is 0 Å². The normalized spacial score (nSPS) is 11.1. The van der Waals surface area contributed by atoms with Crippen LogP contribution in [-0.2, 0) is 6.54 Å². The molecule has 4 aromatic rings. The van der Waals surface area contributed by atoms with Gasteiger partial charge >= 0.3 is 0 Å². The van der Waals surface area contributed by atoms with Crippen LogP contribution in [0.1, 0.15) is 21.7 Å². The Morgan fingerprint density at radius 2 is 1.83 bits per heavy atom. The number of aromatic nitrogens is 3. The van der Waals surface area contributed by atoms with Crippen molar-refractivity contribution < 1.29 is 4.92 Å². The Balaban J connectivity index is 1.87. The first-order valence-electron chi connectivity index (χ1n) is 9.02. The molecule has 0 amide bonds. The molecule has 146 valence electrons. The van der Waals surface area contributed by atoms with Crippen molar-refractivity contribution in [2.45, 2.75) is 27.3 Å². The summed E-state index contributed by atoms with van der Waals surface area (Å²) in [5.41, 5.74) is 4.81. The fraction of sp³-hybridized carbons (Fsp3) is 0.190. The lowest BCUT2D eigenvalue weighted by Crippen LogP contribution is -2.24. The Hall–Kier alpha value is -3.39. The van der Waals surface area contributed by atoms with Gasteiger partial charge in [0.2, 0.25) is 0 Å². The molecular weight excluding hydrogens is 388 g/mol. The van der Waals surface area contributed by atoms with Crippen molar-refractivity contribution in [2.24, 2.45) is 0 Å². The molecule has 2 heterocycles. The van der Waals surface area contributed by atoms with Crippen LogP contribution >= 0.6 is 11.3 Å². The van der Waals surface area contributed by atoms with E-state index in [0.29, 0.717) is 5.52 Å². The van der Waals surface area contributed by atoms with E-state index in [1.807, 2.05) is 32.9 Å². The number of non-ortho nitro benzene ring substituents is 1. The van der Waals surface area contributed by atoms with Gasteiger partial charge in [-0.2, -0.15) is 5.10 Å². The molecule has 0 atom stereocenters. The van der Waals surface area contributed by atoms with E-state index in [1.165, 1.54) is 28.2 Å². The van der Waals surface area contributed by atoms with E-state index in [1.54, 1.807) is 12.1 Å². The van der Waals surface area contributed by atoms with Gasteiger partial charge in [0.1, 0.15) is 5.69 Å². The second kappa shape index (κ2) is 7.21. The maximum Gasteiger partial charge on any atom is 0.294 e. The molecule has 0 radical (unpaired) electrons. The number of nitrogens with zero attached hydrogens (tertiary/aromatic N) is 4. The number of nitro benzene ring substituents is 1. The number of nitro groups is 1. The fourth-order valence-electron chi connectivity index (χ4n) is 3.32. The minimum absolute atomic E-state index is 0.00982. The van der Waals surface area contributed by atoms with Crippen LogP contribution in [0.3, 0.4) is 0 Å².